The summed E-state index contributed by atoms with van der Waals surface area (Å²) in [4.78, 5) is 1.66. The van der Waals surface area contributed by atoms with Crippen LogP contribution in [0.2, 0.25) is 0 Å². The summed E-state index contributed by atoms with van der Waals surface area (Å²) < 4.78 is 4.97. The van der Waals surface area contributed by atoms with Gasteiger partial charge in [0.1, 0.15) is 0 Å². The van der Waals surface area contributed by atoms with Crippen LogP contribution < -0.4 is 4.90 Å². The molecule has 0 atom stereocenters. The zero-order valence-electron chi connectivity index (χ0n) is 8.31. The molecule has 0 aromatic heterocycles. The molecule has 0 aromatic rings. The summed E-state index contributed by atoms with van der Waals surface area (Å²) in [6.45, 7) is 7.64. The molecule has 11 heavy (non-hydrogen) atoms. The molecule has 1 rings (SSSR count). The van der Waals surface area contributed by atoms with Crippen LogP contribution in [0, 0.1) is 5.92 Å². The lowest BCUT2D eigenvalue weighted by atomic mass is 9.98. The molecule has 0 radical (unpaired) electrons. The SMILES string of the molecule is CC.COCCC1C[NH+](C)C1. The summed E-state index contributed by atoms with van der Waals surface area (Å²) in [5, 5.41) is 0. The second kappa shape index (κ2) is 6.62. The van der Waals surface area contributed by atoms with Crippen molar-refractivity contribution >= 4 is 0 Å². The number of quaternary nitrogens is 1. The van der Waals surface area contributed by atoms with Gasteiger partial charge in [0.25, 0.3) is 0 Å². The predicted octanol–water partition coefficient (Wildman–Crippen LogP) is 0.194. The van der Waals surface area contributed by atoms with Crippen molar-refractivity contribution < 1.29 is 9.64 Å². The van der Waals surface area contributed by atoms with Gasteiger partial charge in [-0.3, -0.25) is 0 Å². The topological polar surface area (TPSA) is 13.7 Å². The second-order valence-corrected chi connectivity index (χ2v) is 3.01. The van der Waals surface area contributed by atoms with Gasteiger partial charge in [0.15, 0.2) is 0 Å². The molecular weight excluding hydrogens is 138 g/mol. The standard InChI is InChI=1S/C7H15NO.C2H6/c1-8-5-7(6-8)3-4-9-2;1-2/h7H,3-6H2,1-2H3;1-2H3/p+1. The Morgan fingerprint density at radius 2 is 1.91 bits per heavy atom. The molecule has 1 saturated heterocycles. The molecule has 2 nitrogen and oxygen atoms in total. The smallest absolute Gasteiger partial charge is 0.0853 e. The zero-order chi connectivity index (χ0) is 8.69. The third-order valence-corrected chi connectivity index (χ3v) is 2.00. The fraction of sp³-hybridized carbons (Fsp3) is 1.00. The van der Waals surface area contributed by atoms with Crippen LogP contribution in [0.15, 0.2) is 0 Å². The maximum absolute atomic E-state index is 4.97. The van der Waals surface area contributed by atoms with E-state index in [0.717, 1.165) is 12.5 Å². The number of nitrogens with one attached hydrogen (secondary N) is 1. The largest absolute Gasteiger partial charge is 0.385 e. The van der Waals surface area contributed by atoms with Crippen LogP contribution in [0.25, 0.3) is 0 Å². The molecule has 0 amide bonds. The molecule has 0 saturated carbocycles. The third kappa shape index (κ3) is 4.38. The Morgan fingerprint density at radius 3 is 2.27 bits per heavy atom. The summed E-state index contributed by atoms with van der Waals surface area (Å²) in [7, 11) is 4.01. The molecule has 1 fully saturated rings. The van der Waals surface area contributed by atoms with Gasteiger partial charge in [0, 0.05) is 13.7 Å². The van der Waals surface area contributed by atoms with E-state index in [1.54, 1.807) is 12.0 Å². The van der Waals surface area contributed by atoms with E-state index in [1.165, 1.54) is 19.5 Å². The highest BCUT2D eigenvalue weighted by molar-refractivity contribution is 4.61. The van der Waals surface area contributed by atoms with Crippen LogP contribution in [0.5, 0.6) is 0 Å². The quantitative estimate of drug-likeness (QED) is 0.622. The van der Waals surface area contributed by atoms with Gasteiger partial charge in [-0.05, 0) is 6.42 Å². The van der Waals surface area contributed by atoms with Crippen molar-refractivity contribution in [2.24, 2.45) is 5.92 Å². The van der Waals surface area contributed by atoms with Crippen LogP contribution in [0.1, 0.15) is 20.3 Å². The molecule has 1 N–H and O–H groups in total. The lowest BCUT2D eigenvalue weighted by molar-refractivity contribution is -0.931. The molecule has 0 spiro atoms. The minimum absolute atomic E-state index is 0.942. The minimum atomic E-state index is 0.942. The van der Waals surface area contributed by atoms with Gasteiger partial charge in [-0.1, -0.05) is 13.8 Å². The van der Waals surface area contributed by atoms with Gasteiger partial charge in [-0.25, -0.2) is 0 Å². The lowest BCUT2D eigenvalue weighted by Gasteiger charge is -2.31. The predicted molar refractivity (Wildman–Crippen MR) is 48.0 cm³/mol. The van der Waals surface area contributed by atoms with Crippen LogP contribution >= 0.6 is 0 Å². The summed E-state index contributed by atoms with van der Waals surface area (Å²) >= 11 is 0. The minimum Gasteiger partial charge on any atom is -0.385 e. The van der Waals surface area contributed by atoms with E-state index < -0.39 is 0 Å². The molecule has 2 heteroatoms. The van der Waals surface area contributed by atoms with Crippen molar-refractivity contribution in [3.8, 4) is 0 Å². The van der Waals surface area contributed by atoms with E-state index in [0.29, 0.717) is 0 Å². The number of likely N-dealkylation sites (tertiary alicyclic amines) is 1. The first-order valence-corrected chi connectivity index (χ1v) is 4.63. The Balaban J connectivity index is 0.000000461. The molecule has 0 aliphatic carbocycles. The molecular formula is C9H22NO+. The lowest BCUT2D eigenvalue weighted by Crippen LogP contribution is -3.17. The fourth-order valence-corrected chi connectivity index (χ4v) is 1.41. The first-order valence-electron chi connectivity index (χ1n) is 4.63. The molecule has 1 heterocycles. The molecule has 1 aliphatic rings. The van der Waals surface area contributed by atoms with Crippen molar-refractivity contribution in [1.29, 1.82) is 0 Å². The van der Waals surface area contributed by atoms with Gasteiger partial charge in [-0.2, -0.15) is 0 Å². The third-order valence-electron chi connectivity index (χ3n) is 2.00. The average molecular weight is 160 g/mol. The number of ether oxygens (including phenoxy) is 1. The summed E-state index contributed by atoms with van der Waals surface area (Å²) in [6.07, 6.45) is 1.26. The van der Waals surface area contributed by atoms with Gasteiger partial charge in [-0.15, -0.1) is 0 Å². The van der Waals surface area contributed by atoms with Crippen LogP contribution in [0.4, 0.5) is 0 Å². The molecule has 0 unspecified atom stereocenters. The van der Waals surface area contributed by atoms with Crippen LogP contribution in [-0.4, -0.2) is 33.9 Å². The van der Waals surface area contributed by atoms with Crippen LogP contribution in [-0.2, 0) is 4.74 Å². The Morgan fingerprint density at radius 1 is 1.36 bits per heavy atom. The van der Waals surface area contributed by atoms with E-state index in [9.17, 15) is 0 Å². The zero-order valence-corrected chi connectivity index (χ0v) is 8.31. The van der Waals surface area contributed by atoms with E-state index in [4.69, 9.17) is 4.74 Å². The number of hydrogen-bond acceptors (Lipinski definition) is 1. The van der Waals surface area contributed by atoms with Crippen molar-refractivity contribution in [3.63, 3.8) is 0 Å². The van der Waals surface area contributed by atoms with E-state index in [1.807, 2.05) is 13.8 Å². The summed E-state index contributed by atoms with van der Waals surface area (Å²) in [5.74, 6) is 0.949. The monoisotopic (exact) mass is 160 g/mol. The highest BCUT2D eigenvalue weighted by atomic mass is 16.5. The van der Waals surface area contributed by atoms with Crippen molar-refractivity contribution in [3.05, 3.63) is 0 Å². The second-order valence-electron chi connectivity index (χ2n) is 3.01. The highest BCUT2D eigenvalue weighted by Crippen LogP contribution is 2.02. The summed E-state index contributed by atoms with van der Waals surface area (Å²) in [6, 6.07) is 0. The van der Waals surface area contributed by atoms with E-state index in [-0.39, 0.29) is 0 Å². The Bertz CT molecular complexity index is 79.6. The first kappa shape index (κ1) is 10.9. The Kier molecular flexibility index (Phi) is 6.57. The molecule has 68 valence electrons. The number of rotatable bonds is 3. The molecule has 1 aliphatic heterocycles. The first-order chi connectivity index (χ1) is 5.33. The number of hydrogen-bond donors (Lipinski definition) is 1. The maximum atomic E-state index is 4.97. The Hall–Kier alpha value is -0.0800. The normalized spacial score (nSPS) is 28.4. The maximum Gasteiger partial charge on any atom is 0.0853 e. The van der Waals surface area contributed by atoms with Crippen LogP contribution in [0.3, 0.4) is 0 Å². The molecule has 0 aromatic carbocycles. The van der Waals surface area contributed by atoms with Gasteiger partial charge in [0.2, 0.25) is 0 Å². The highest BCUT2D eigenvalue weighted by Gasteiger charge is 2.26. The van der Waals surface area contributed by atoms with Crippen molar-refractivity contribution in [1.82, 2.24) is 0 Å². The van der Waals surface area contributed by atoms with Gasteiger partial charge >= 0.3 is 0 Å². The fourth-order valence-electron chi connectivity index (χ4n) is 1.41. The Labute approximate surface area is 70.5 Å². The average Bonchev–Trinajstić information content (AvgIpc) is 2.00. The number of methoxy groups -OCH3 is 1. The van der Waals surface area contributed by atoms with E-state index in [2.05, 4.69) is 7.05 Å². The van der Waals surface area contributed by atoms with Gasteiger partial charge in [0.05, 0.1) is 26.1 Å². The van der Waals surface area contributed by atoms with Gasteiger partial charge < -0.3 is 9.64 Å². The van der Waals surface area contributed by atoms with Crippen molar-refractivity contribution in [2.45, 2.75) is 20.3 Å². The van der Waals surface area contributed by atoms with E-state index >= 15 is 0 Å². The molecule has 0 bridgehead atoms. The van der Waals surface area contributed by atoms with Crippen molar-refractivity contribution in [2.75, 3.05) is 33.9 Å². The summed E-state index contributed by atoms with van der Waals surface area (Å²) in [5.41, 5.74) is 0.